The van der Waals surface area contributed by atoms with E-state index in [1.807, 2.05) is 19.2 Å². The van der Waals surface area contributed by atoms with E-state index in [1.54, 1.807) is 11.8 Å². The van der Waals surface area contributed by atoms with Gasteiger partial charge in [0, 0.05) is 23.4 Å². The first kappa shape index (κ1) is 14.2. The van der Waals surface area contributed by atoms with Crippen LogP contribution in [0.25, 0.3) is 0 Å². The van der Waals surface area contributed by atoms with E-state index in [0.29, 0.717) is 12.6 Å². The summed E-state index contributed by atoms with van der Waals surface area (Å²) in [7, 11) is 0. The van der Waals surface area contributed by atoms with Gasteiger partial charge in [-0.2, -0.15) is 11.8 Å². The molecule has 1 aromatic carbocycles. The van der Waals surface area contributed by atoms with Gasteiger partial charge in [0.05, 0.1) is 5.60 Å². The molecule has 0 saturated heterocycles. The summed E-state index contributed by atoms with van der Waals surface area (Å²) in [4.78, 5) is 0. The summed E-state index contributed by atoms with van der Waals surface area (Å²) in [6.45, 7) is 2.51. The lowest BCUT2D eigenvalue weighted by molar-refractivity contribution is 0.0814. The minimum atomic E-state index is -0.644. The lowest BCUT2D eigenvalue weighted by Gasteiger charge is -2.25. The molecule has 1 aromatic rings. The number of nitrogens with one attached hydrogen (secondary N) is 1. The second kappa shape index (κ2) is 5.83. The maximum absolute atomic E-state index is 10.2. The molecule has 0 saturated carbocycles. The normalized spacial score (nSPS) is 21.7. The van der Waals surface area contributed by atoms with Crippen molar-refractivity contribution in [1.29, 1.82) is 0 Å². The van der Waals surface area contributed by atoms with E-state index in [0.717, 1.165) is 23.6 Å². The molecule has 2 atom stereocenters. The smallest absolute Gasteiger partial charge is 0.0833 e. The Hall–Kier alpha value is -0.220. The van der Waals surface area contributed by atoms with Crippen LogP contribution in [0.1, 0.15) is 30.5 Å². The monoisotopic (exact) mass is 285 g/mol. The van der Waals surface area contributed by atoms with Crippen LogP contribution in [-0.4, -0.2) is 29.3 Å². The van der Waals surface area contributed by atoms with Crippen LogP contribution >= 0.6 is 23.4 Å². The van der Waals surface area contributed by atoms with Crippen LogP contribution < -0.4 is 5.32 Å². The molecule has 0 aliphatic heterocycles. The first-order valence-electron chi connectivity index (χ1n) is 6.25. The fourth-order valence-electron chi connectivity index (χ4n) is 2.50. The number of rotatable bonds is 5. The molecule has 4 heteroatoms. The molecule has 0 amide bonds. The van der Waals surface area contributed by atoms with E-state index in [9.17, 15) is 5.11 Å². The molecule has 1 aliphatic rings. The predicted octanol–water partition coefficient (Wildman–Crippen LogP) is 3.03. The number of benzene rings is 1. The second-order valence-electron chi connectivity index (χ2n) is 5.25. The van der Waals surface area contributed by atoms with Crippen LogP contribution in [0.5, 0.6) is 0 Å². The van der Waals surface area contributed by atoms with Crippen molar-refractivity contribution in [3.63, 3.8) is 0 Å². The quantitative estimate of drug-likeness (QED) is 0.872. The fraction of sp³-hybridized carbons (Fsp3) is 0.571. The number of thioether (sulfide) groups is 1. The SMILES string of the molecule is CSCC(C)(O)CNC1CCc2cc(Cl)ccc21. The van der Waals surface area contributed by atoms with Crippen molar-refractivity contribution in [3.8, 4) is 0 Å². The van der Waals surface area contributed by atoms with Crippen LogP contribution in [0.3, 0.4) is 0 Å². The van der Waals surface area contributed by atoms with Crippen molar-refractivity contribution in [3.05, 3.63) is 34.3 Å². The lowest BCUT2D eigenvalue weighted by atomic mass is 10.1. The van der Waals surface area contributed by atoms with Gasteiger partial charge in [-0.25, -0.2) is 0 Å². The van der Waals surface area contributed by atoms with Gasteiger partial charge in [-0.15, -0.1) is 0 Å². The minimum absolute atomic E-state index is 0.352. The van der Waals surface area contributed by atoms with Gasteiger partial charge in [0.1, 0.15) is 0 Å². The number of fused-ring (bicyclic) bond motifs is 1. The van der Waals surface area contributed by atoms with Gasteiger partial charge < -0.3 is 10.4 Å². The summed E-state index contributed by atoms with van der Waals surface area (Å²) in [6.07, 6.45) is 4.17. The van der Waals surface area contributed by atoms with Gasteiger partial charge in [-0.05, 0) is 49.3 Å². The lowest BCUT2D eigenvalue weighted by Crippen LogP contribution is -2.41. The first-order valence-corrected chi connectivity index (χ1v) is 8.02. The van der Waals surface area contributed by atoms with E-state index in [-0.39, 0.29) is 0 Å². The summed E-state index contributed by atoms with van der Waals surface area (Å²) in [5, 5.41) is 14.4. The molecule has 0 heterocycles. The van der Waals surface area contributed by atoms with Crippen LogP contribution in [0.15, 0.2) is 18.2 Å². The highest BCUT2D eigenvalue weighted by atomic mass is 35.5. The van der Waals surface area contributed by atoms with Gasteiger partial charge in [0.15, 0.2) is 0 Å². The predicted molar refractivity (Wildman–Crippen MR) is 79.5 cm³/mol. The van der Waals surface area contributed by atoms with E-state index in [1.165, 1.54) is 11.1 Å². The van der Waals surface area contributed by atoms with Crippen molar-refractivity contribution in [2.24, 2.45) is 0 Å². The third kappa shape index (κ3) is 3.41. The standard InChI is InChI=1S/C14H20ClNOS/c1-14(17,9-18-2)8-16-13-6-3-10-7-11(15)4-5-12(10)13/h4-5,7,13,16-17H,3,6,8-9H2,1-2H3. The van der Waals surface area contributed by atoms with Crippen LogP contribution in [0.4, 0.5) is 0 Å². The van der Waals surface area contributed by atoms with Crippen molar-refractivity contribution < 1.29 is 5.11 Å². The highest BCUT2D eigenvalue weighted by Crippen LogP contribution is 2.33. The molecule has 0 spiro atoms. The van der Waals surface area contributed by atoms with Crippen LogP contribution in [0, 0.1) is 0 Å². The summed E-state index contributed by atoms with van der Waals surface area (Å²) in [5.41, 5.74) is 2.03. The van der Waals surface area contributed by atoms with Crippen LogP contribution in [0.2, 0.25) is 5.02 Å². The largest absolute Gasteiger partial charge is 0.388 e. The van der Waals surface area contributed by atoms with Gasteiger partial charge in [-0.3, -0.25) is 0 Å². The molecule has 2 N–H and O–H groups in total. The van der Waals surface area contributed by atoms with E-state index in [2.05, 4.69) is 17.4 Å². The maximum atomic E-state index is 10.2. The second-order valence-corrected chi connectivity index (χ2v) is 6.55. The summed E-state index contributed by atoms with van der Waals surface area (Å²) in [5.74, 6) is 0.750. The number of aryl methyl sites for hydroxylation is 1. The molecule has 0 radical (unpaired) electrons. The van der Waals surface area contributed by atoms with Crippen molar-refractivity contribution in [2.75, 3.05) is 18.6 Å². The molecule has 100 valence electrons. The van der Waals surface area contributed by atoms with Gasteiger partial charge in [-0.1, -0.05) is 17.7 Å². The van der Waals surface area contributed by atoms with Gasteiger partial charge in [0.25, 0.3) is 0 Å². The number of halogens is 1. The third-order valence-electron chi connectivity index (χ3n) is 3.37. The Morgan fingerprint density at radius 1 is 1.56 bits per heavy atom. The van der Waals surface area contributed by atoms with Crippen LogP contribution in [-0.2, 0) is 6.42 Å². The van der Waals surface area contributed by atoms with Gasteiger partial charge in [0.2, 0.25) is 0 Å². The Bertz CT molecular complexity index is 422. The molecule has 1 aliphatic carbocycles. The zero-order chi connectivity index (χ0) is 13.2. The third-order valence-corrected chi connectivity index (χ3v) is 4.51. The maximum Gasteiger partial charge on any atom is 0.0833 e. The zero-order valence-corrected chi connectivity index (χ0v) is 12.4. The molecule has 0 aromatic heterocycles. The Morgan fingerprint density at radius 2 is 2.33 bits per heavy atom. The highest BCUT2D eigenvalue weighted by molar-refractivity contribution is 7.98. The molecular formula is C14H20ClNOS. The van der Waals surface area contributed by atoms with E-state index in [4.69, 9.17) is 11.6 Å². The Morgan fingerprint density at radius 3 is 3.06 bits per heavy atom. The highest BCUT2D eigenvalue weighted by Gasteiger charge is 2.26. The zero-order valence-electron chi connectivity index (χ0n) is 10.9. The fourth-order valence-corrected chi connectivity index (χ4v) is 3.42. The summed E-state index contributed by atoms with van der Waals surface area (Å²) in [6, 6.07) is 6.45. The number of hydrogen-bond acceptors (Lipinski definition) is 3. The molecular weight excluding hydrogens is 266 g/mol. The van der Waals surface area contributed by atoms with Crippen molar-refractivity contribution in [1.82, 2.24) is 5.32 Å². The number of hydrogen-bond donors (Lipinski definition) is 2. The van der Waals surface area contributed by atoms with Gasteiger partial charge >= 0.3 is 0 Å². The van der Waals surface area contributed by atoms with E-state index >= 15 is 0 Å². The molecule has 0 fully saturated rings. The molecule has 2 rings (SSSR count). The molecule has 18 heavy (non-hydrogen) atoms. The van der Waals surface area contributed by atoms with E-state index < -0.39 is 5.60 Å². The topological polar surface area (TPSA) is 32.3 Å². The number of aliphatic hydroxyl groups is 1. The average Bonchev–Trinajstić information content (AvgIpc) is 2.68. The summed E-state index contributed by atoms with van der Waals surface area (Å²) >= 11 is 7.67. The van der Waals surface area contributed by atoms with Crippen molar-refractivity contribution >= 4 is 23.4 Å². The Labute approximate surface area is 118 Å². The molecule has 2 unspecified atom stereocenters. The summed E-state index contributed by atoms with van der Waals surface area (Å²) < 4.78 is 0. The van der Waals surface area contributed by atoms with Crippen molar-refractivity contribution in [2.45, 2.75) is 31.4 Å². The average molecular weight is 286 g/mol. The Kier molecular flexibility index (Phi) is 4.59. The molecule has 2 nitrogen and oxygen atoms in total. The Balaban J connectivity index is 1.98. The minimum Gasteiger partial charge on any atom is -0.388 e. The molecule has 0 bridgehead atoms. The first-order chi connectivity index (χ1) is 8.52.